The SMILES string of the molecule is Br.CNC(=O)c1ccccn1. The molecule has 60 valence electrons. The Labute approximate surface area is 75.6 Å². The van der Waals surface area contributed by atoms with Crippen molar-refractivity contribution in [1.82, 2.24) is 10.3 Å². The zero-order valence-electron chi connectivity index (χ0n) is 6.07. The van der Waals surface area contributed by atoms with Crippen LogP contribution < -0.4 is 5.32 Å². The van der Waals surface area contributed by atoms with Gasteiger partial charge in [0, 0.05) is 13.2 Å². The smallest absolute Gasteiger partial charge is 0.269 e. The fraction of sp³-hybridized carbons (Fsp3) is 0.143. The predicted octanol–water partition coefficient (Wildman–Crippen LogP) is 1.02. The minimum atomic E-state index is -0.152. The van der Waals surface area contributed by atoms with Gasteiger partial charge in [0.2, 0.25) is 0 Å². The van der Waals surface area contributed by atoms with Gasteiger partial charge in [0.25, 0.3) is 5.91 Å². The van der Waals surface area contributed by atoms with Crippen molar-refractivity contribution in [2.45, 2.75) is 0 Å². The molecule has 0 saturated heterocycles. The Hall–Kier alpha value is -0.900. The molecule has 1 amide bonds. The quantitative estimate of drug-likeness (QED) is 0.762. The van der Waals surface area contributed by atoms with Crippen molar-refractivity contribution in [3.63, 3.8) is 0 Å². The lowest BCUT2D eigenvalue weighted by Crippen LogP contribution is -2.18. The Kier molecular flexibility index (Phi) is 4.45. The number of amides is 1. The van der Waals surface area contributed by atoms with Crippen LogP contribution in [0, 0.1) is 0 Å². The predicted molar refractivity (Wildman–Crippen MR) is 47.9 cm³/mol. The van der Waals surface area contributed by atoms with Crippen LogP contribution in [-0.2, 0) is 0 Å². The zero-order valence-corrected chi connectivity index (χ0v) is 7.79. The van der Waals surface area contributed by atoms with E-state index in [2.05, 4.69) is 10.3 Å². The summed E-state index contributed by atoms with van der Waals surface area (Å²) >= 11 is 0. The van der Waals surface area contributed by atoms with Gasteiger partial charge in [-0.1, -0.05) is 6.07 Å². The van der Waals surface area contributed by atoms with Gasteiger partial charge in [-0.3, -0.25) is 9.78 Å². The van der Waals surface area contributed by atoms with E-state index in [1.54, 1.807) is 31.4 Å². The molecule has 0 aliphatic rings. The summed E-state index contributed by atoms with van der Waals surface area (Å²) < 4.78 is 0. The molecule has 1 rings (SSSR count). The standard InChI is InChI=1S/C7H8N2O.BrH/c1-8-7(10)6-4-2-3-5-9-6;/h2-5H,1H3,(H,8,10);1H. The van der Waals surface area contributed by atoms with Gasteiger partial charge in [0.1, 0.15) is 5.69 Å². The number of hydrogen-bond donors (Lipinski definition) is 1. The molecule has 0 radical (unpaired) electrons. The lowest BCUT2D eigenvalue weighted by molar-refractivity contribution is 0.0958. The molecule has 0 aromatic carbocycles. The molecule has 1 N–H and O–H groups in total. The van der Waals surface area contributed by atoms with Gasteiger partial charge in [0.15, 0.2) is 0 Å². The molecule has 0 bridgehead atoms. The van der Waals surface area contributed by atoms with Crippen molar-refractivity contribution in [1.29, 1.82) is 0 Å². The number of aromatic nitrogens is 1. The van der Waals surface area contributed by atoms with Crippen LogP contribution in [0.25, 0.3) is 0 Å². The number of pyridine rings is 1. The third kappa shape index (κ3) is 2.67. The Morgan fingerprint density at radius 1 is 1.55 bits per heavy atom. The second-order valence-electron chi connectivity index (χ2n) is 1.79. The summed E-state index contributed by atoms with van der Waals surface area (Å²) in [6.07, 6.45) is 1.59. The van der Waals surface area contributed by atoms with E-state index in [0.717, 1.165) is 0 Å². The maximum Gasteiger partial charge on any atom is 0.269 e. The van der Waals surface area contributed by atoms with Crippen LogP contribution in [-0.4, -0.2) is 17.9 Å². The topological polar surface area (TPSA) is 42.0 Å². The molecule has 1 aromatic heterocycles. The van der Waals surface area contributed by atoms with Gasteiger partial charge in [-0.05, 0) is 12.1 Å². The third-order valence-electron chi connectivity index (χ3n) is 1.12. The summed E-state index contributed by atoms with van der Waals surface area (Å²) in [6, 6.07) is 5.21. The van der Waals surface area contributed by atoms with Gasteiger partial charge >= 0.3 is 0 Å². The molecular weight excluding hydrogens is 208 g/mol. The molecule has 0 spiro atoms. The first-order valence-corrected chi connectivity index (χ1v) is 2.97. The highest BCUT2D eigenvalue weighted by Crippen LogP contribution is 1.90. The molecule has 0 atom stereocenters. The second kappa shape index (κ2) is 4.85. The number of nitrogens with one attached hydrogen (secondary N) is 1. The van der Waals surface area contributed by atoms with Crippen molar-refractivity contribution < 1.29 is 4.79 Å². The molecule has 3 nitrogen and oxygen atoms in total. The number of rotatable bonds is 1. The average Bonchev–Trinajstić information content (AvgIpc) is 2.05. The van der Waals surface area contributed by atoms with E-state index in [9.17, 15) is 4.79 Å². The average molecular weight is 217 g/mol. The Morgan fingerprint density at radius 3 is 2.73 bits per heavy atom. The van der Waals surface area contributed by atoms with E-state index in [4.69, 9.17) is 0 Å². The van der Waals surface area contributed by atoms with Crippen LogP contribution in [0.2, 0.25) is 0 Å². The number of nitrogens with zero attached hydrogens (tertiary/aromatic N) is 1. The third-order valence-corrected chi connectivity index (χ3v) is 1.12. The van der Waals surface area contributed by atoms with Crippen molar-refractivity contribution in [3.05, 3.63) is 30.1 Å². The van der Waals surface area contributed by atoms with Crippen LogP contribution >= 0.6 is 17.0 Å². The fourth-order valence-electron chi connectivity index (χ4n) is 0.625. The maximum absolute atomic E-state index is 10.8. The summed E-state index contributed by atoms with van der Waals surface area (Å²) in [5, 5.41) is 2.48. The maximum atomic E-state index is 10.8. The first-order valence-electron chi connectivity index (χ1n) is 2.97. The molecular formula is C7H9BrN2O. The minimum Gasteiger partial charge on any atom is -0.354 e. The van der Waals surface area contributed by atoms with Gasteiger partial charge in [-0.25, -0.2) is 0 Å². The highest BCUT2D eigenvalue weighted by Gasteiger charge is 1.99. The van der Waals surface area contributed by atoms with E-state index in [1.165, 1.54) is 0 Å². The summed E-state index contributed by atoms with van der Waals surface area (Å²) in [5.41, 5.74) is 0.449. The lowest BCUT2D eigenvalue weighted by atomic mass is 10.3. The van der Waals surface area contributed by atoms with Crippen LogP contribution in [0.4, 0.5) is 0 Å². The fourth-order valence-corrected chi connectivity index (χ4v) is 0.625. The molecule has 0 saturated carbocycles. The van der Waals surface area contributed by atoms with E-state index >= 15 is 0 Å². The van der Waals surface area contributed by atoms with Crippen molar-refractivity contribution in [2.24, 2.45) is 0 Å². The van der Waals surface area contributed by atoms with Crippen molar-refractivity contribution in [3.8, 4) is 0 Å². The number of hydrogen-bond acceptors (Lipinski definition) is 2. The molecule has 11 heavy (non-hydrogen) atoms. The Morgan fingerprint density at radius 2 is 2.27 bits per heavy atom. The van der Waals surface area contributed by atoms with Gasteiger partial charge in [-0.2, -0.15) is 0 Å². The molecule has 0 aliphatic heterocycles. The Balaban J connectivity index is 0.000001000. The van der Waals surface area contributed by atoms with E-state index in [1.807, 2.05) is 0 Å². The molecule has 1 aromatic rings. The van der Waals surface area contributed by atoms with Crippen LogP contribution in [0.3, 0.4) is 0 Å². The first kappa shape index (κ1) is 10.1. The van der Waals surface area contributed by atoms with Crippen LogP contribution in [0.5, 0.6) is 0 Å². The number of halogens is 1. The van der Waals surface area contributed by atoms with E-state index in [-0.39, 0.29) is 22.9 Å². The van der Waals surface area contributed by atoms with Gasteiger partial charge < -0.3 is 5.32 Å². The van der Waals surface area contributed by atoms with Gasteiger partial charge in [0.05, 0.1) is 0 Å². The van der Waals surface area contributed by atoms with Crippen molar-refractivity contribution in [2.75, 3.05) is 7.05 Å². The summed E-state index contributed by atoms with van der Waals surface area (Å²) in [4.78, 5) is 14.7. The molecule has 1 heterocycles. The molecule has 0 unspecified atom stereocenters. The normalized spacial score (nSPS) is 8.09. The summed E-state index contributed by atoms with van der Waals surface area (Å²) in [6.45, 7) is 0. The molecule has 4 heteroatoms. The number of carbonyl (C=O) groups excluding carboxylic acids is 1. The molecule has 0 aliphatic carbocycles. The summed E-state index contributed by atoms with van der Waals surface area (Å²) in [5.74, 6) is -0.152. The van der Waals surface area contributed by atoms with Gasteiger partial charge in [-0.15, -0.1) is 17.0 Å². The second-order valence-corrected chi connectivity index (χ2v) is 1.79. The first-order chi connectivity index (χ1) is 4.84. The Bertz CT molecular complexity index is 225. The lowest BCUT2D eigenvalue weighted by Gasteiger charge is -1.94. The minimum absolute atomic E-state index is 0. The van der Waals surface area contributed by atoms with Crippen LogP contribution in [0.15, 0.2) is 24.4 Å². The summed E-state index contributed by atoms with van der Waals surface area (Å²) in [7, 11) is 1.58. The zero-order chi connectivity index (χ0) is 7.40. The van der Waals surface area contributed by atoms with E-state index in [0.29, 0.717) is 5.69 Å². The number of carbonyl (C=O) groups is 1. The van der Waals surface area contributed by atoms with Crippen molar-refractivity contribution >= 4 is 22.9 Å². The highest BCUT2D eigenvalue weighted by atomic mass is 79.9. The van der Waals surface area contributed by atoms with E-state index < -0.39 is 0 Å². The molecule has 0 fully saturated rings. The van der Waals surface area contributed by atoms with Crippen LogP contribution in [0.1, 0.15) is 10.5 Å². The highest BCUT2D eigenvalue weighted by molar-refractivity contribution is 8.93. The largest absolute Gasteiger partial charge is 0.354 e. The monoisotopic (exact) mass is 216 g/mol.